The molecule has 2 N–H and O–H groups in total. The van der Waals surface area contributed by atoms with Crippen LogP contribution in [0.1, 0.15) is 84.0 Å². The van der Waals surface area contributed by atoms with E-state index in [1.807, 2.05) is 6.08 Å². The maximum Gasteiger partial charge on any atom is 0.305 e. The lowest BCUT2D eigenvalue weighted by Gasteiger charge is -2.16. The van der Waals surface area contributed by atoms with E-state index in [2.05, 4.69) is 17.7 Å². The van der Waals surface area contributed by atoms with Gasteiger partial charge in [-0.15, -0.1) is 0 Å². The molecule has 0 aliphatic rings. The average Bonchev–Trinajstić information content (AvgIpc) is 2.56. The number of ether oxygens (including phenoxy) is 1. The third-order valence-electron chi connectivity index (χ3n) is 4.07. The molecule has 0 aliphatic heterocycles. The maximum absolute atomic E-state index is 10.9. The smallest absolute Gasteiger partial charge is 0.305 e. The lowest BCUT2D eigenvalue weighted by molar-refractivity contribution is -0.140. The normalized spacial score (nSPS) is 14.1. The van der Waals surface area contributed by atoms with Crippen LogP contribution < -0.4 is 0 Å². The molecular weight excluding hydrogens is 292 g/mol. The van der Waals surface area contributed by atoms with Crippen molar-refractivity contribution in [2.75, 3.05) is 7.11 Å². The molecule has 0 aromatic carbocycles. The first-order chi connectivity index (χ1) is 11.1. The standard InChI is InChI=1S/C19H36O4/c1-3-4-5-6-8-11-14-17(20)18(21)15-12-9-7-10-13-16-19(22)23-2/h8,11,17-18,20-21H,3-7,9-10,12-16H2,1-2H3/b11-8-. The predicted molar refractivity (Wildman–Crippen MR) is 94.2 cm³/mol. The molecular formula is C19H36O4. The Morgan fingerprint density at radius 1 is 0.957 bits per heavy atom. The van der Waals surface area contributed by atoms with Gasteiger partial charge in [0.1, 0.15) is 0 Å². The molecule has 0 aromatic heterocycles. The van der Waals surface area contributed by atoms with Crippen molar-refractivity contribution >= 4 is 5.97 Å². The molecule has 0 aromatic rings. The molecule has 0 rings (SSSR count). The predicted octanol–water partition coefficient (Wildman–Crippen LogP) is 4.14. The van der Waals surface area contributed by atoms with Crippen LogP contribution in [-0.2, 0) is 9.53 Å². The summed E-state index contributed by atoms with van der Waals surface area (Å²) in [6.07, 6.45) is 14.0. The third-order valence-corrected chi connectivity index (χ3v) is 4.07. The number of rotatable bonds is 15. The van der Waals surface area contributed by atoms with Gasteiger partial charge in [-0.05, 0) is 32.1 Å². The number of methoxy groups -OCH3 is 1. The third kappa shape index (κ3) is 14.5. The van der Waals surface area contributed by atoms with Gasteiger partial charge in [0.25, 0.3) is 0 Å². The molecule has 0 saturated heterocycles. The zero-order valence-electron chi connectivity index (χ0n) is 15.0. The van der Waals surface area contributed by atoms with Gasteiger partial charge in [0.2, 0.25) is 0 Å². The Morgan fingerprint density at radius 3 is 2.35 bits per heavy atom. The van der Waals surface area contributed by atoms with E-state index in [1.54, 1.807) is 0 Å². The number of aliphatic hydroxyl groups is 2. The number of carbonyl (C=O) groups excluding carboxylic acids is 1. The Labute approximate surface area is 141 Å². The van der Waals surface area contributed by atoms with E-state index in [1.165, 1.54) is 26.4 Å². The largest absolute Gasteiger partial charge is 0.469 e. The molecule has 4 nitrogen and oxygen atoms in total. The van der Waals surface area contributed by atoms with E-state index in [0.29, 0.717) is 19.3 Å². The summed E-state index contributed by atoms with van der Waals surface area (Å²) in [7, 11) is 1.41. The van der Waals surface area contributed by atoms with Gasteiger partial charge in [0.05, 0.1) is 19.3 Å². The number of hydrogen-bond acceptors (Lipinski definition) is 4. The van der Waals surface area contributed by atoms with Gasteiger partial charge in [0, 0.05) is 6.42 Å². The highest BCUT2D eigenvalue weighted by molar-refractivity contribution is 5.68. The van der Waals surface area contributed by atoms with Gasteiger partial charge in [-0.25, -0.2) is 0 Å². The summed E-state index contributed by atoms with van der Waals surface area (Å²) < 4.78 is 4.59. The van der Waals surface area contributed by atoms with Crippen LogP contribution in [0.15, 0.2) is 12.2 Å². The van der Waals surface area contributed by atoms with Gasteiger partial charge in [-0.3, -0.25) is 4.79 Å². The average molecular weight is 328 g/mol. The van der Waals surface area contributed by atoms with Gasteiger partial charge in [0.15, 0.2) is 0 Å². The van der Waals surface area contributed by atoms with Crippen molar-refractivity contribution in [1.82, 2.24) is 0 Å². The highest BCUT2D eigenvalue weighted by Crippen LogP contribution is 2.12. The van der Waals surface area contributed by atoms with E-state index in [4.69, 9.17) is 0 Å². The van der Waals surface area contributed by atoms with E-state index >= 15 is 0 Å². The van der Waals surface area contributed by atoms with E-state index < -0.39 is 12.2 Å². The topological polar surface area (TPSA) is 66.8 Å². The first-order valence-electron chi connectivity index (χ1n) is 9.19. The fraction of sp³-hybridized carbons (Fsp3) is 0.842. The molecule has 0 radical (unpaired) electrons. The molecule has 0 heterocycles. The SMILES string of the molecule is CCCCC/C=C\CC(O)C(O)CCCCCCCC(=O)OC. The number of aliphatic hydroxyl groups excluding tert-OH is 2. The zero-order valence-corrected chi connectivity index (χ0v) is 15.0. The molecule has 4 heteroatoms. The molecule has 0 aliphatic carbocycles. The molecule has 0 amide bonds. The fourth-order valence-corrected chi connectivity index (χ4v) is 2.47. The van der Waals surface area contributed by atoms with E-state index in [0.717, 1.165) is 38.5 Å². The second-order valence-corrected chi connectivity index (χ2v) is 6.22. The van der Waals surface area contributed by atoms with Crippen LogP contribution in [0.3, 0.4) is 0 Å². The summed E-state index contributed by atoms with van der Waals surface area (Å²) in [5, 5.41) is 19.8. The van der Waals surface area contributed by atoms with Crippen molar-refractivity contribution in [3.8, 4) is 0 Å². The molecule has 2 atom stereocenters. The van der Waals surface area contributed by atoms with Gasteiger partial charge in [-0.2, -0.15) is 0 Å². The van der Waals surface area contributed by atoms with Crippen LogP contribution in [-0.4, -0.2) is 35.5 Å². The van der Waals surface area contributed by atoms with Gasteiger partial charge in [-0.1, -0.05) is 57.6 Å². The summed E-state index contributed by atoms with van der Waals surface area (Å²) in [4.78, 5) is 10.9. The fourth-order valence-electron chi connectivity index (χ4n) is 2.47. The second kappa shape index (κ2) is 16.0. The van der Waals surface area contributed by atoms with E-state index in [-0.39, 0.29) is 5.97 Å². The molecule has 136 valence electrons. The van der Waals surface area contributed by atoms with Crippen molar-refractivity contribution in [2.45, 2.75) is 96.2 Å². The van der Waals surface area contributed by atoms with Gasteiger partial charge < -0.3 is 14.9 Å². The summed E-state index contributed by atoms with van der Waals surface area (Å²) in [6, 6.07) is 0. The molecule has 0 saturated carbocycles. The zero-order chi connectivity index (χ0) is 17.3. The first kappa shape index (κ1) is 22.1. The molecule has 0 bridgehead atoms. The number of carbonyl (C=O) groups is 1. The molecule has 2 unspecified atom stereocenters. The Kier molecular flexibility index (Phi) is 15.4. The van der Waals surface area contributed by atoms with Crippen molar-refractivity contribution in [2.24, 2.45) is 0 Å². The Morgan fingerprint density at radius 2 is 1.65 bits per heavy atom. The number of hydrogen-bond donors (Lipinski definition) is 2. The lowest BCUT2D eigenvalue weighted by atomic mass is 10.0. The quantitative estimate of drug-likeness (QED) is 0.269. The van der Waals surface area contributed by atoms with Crippen LogP contribution in [0.25, 0.3) is 0 Å². The van der Waals surface area contributed by atoms with Crippen molar-refractivity contribution in [3.63, 3.8) is 0 Å². The molecule has 0 spiro atoms. The van der Waals surface area contributed by atoms with Gasteiger partial charge >= 0.3 is 5.97 Å². The van der Waals surface area contributed by atoms with Crippen LogP contribution in [0, 0.1) is 0 Å². The van der Waals surface area contributed by atoms with Crippen molar-refractivity contribution in [1.29, 1.82) is 0 Å². The lowest BCUT2D eigenvalue weighted by Crippen LogP contribution is -2.25. The minimum atomic E-state index is -0.656. The summed E-state index contributed by atoms with van der Waals surface area (Å²) >= 11 is 0. The Balaban J connectivity index is 3.50. The summed E-state index contributed by atoms with van der Waals surface area (Å²) in [5.41, 5.74) is 0. The summed E-state index contributed by atoms with van der Waals surface area (Å²) in [6.45, 7) is 2.18. The maximum atomic E-state index is 10.9. The Hall–Kier alpha value is -0.870. The van der Waals surface area contributed by atoms with Crippen LogP contribution in [0.4, 0.5) is 0 Å². The van der Waals surface area contributed by atoms with E-state index in [9.17, 15) is 15.0 Å². The first-order valence-corrected chi connectivity index (χ1v) is 9.19. The highest BCUT2D eigenvalue weighted by atomic mass is 16.5. The minimum Gasteiger partial charge on any atom is -0.469 e. The molecule has 23 heavy (non-hydrogen) atoms. The van der Waals surface area contributed by atoms with Crippen LogP contribution >= 0.6 is 0 Å². The minimum absolute atomic E-state index is 0.147. The molecule has 0 fully saturated rings. The number of unbranched alkanes of at least 4 members (excludes halogenated alkanes) is 7. The van der Waals surface area contributed by atoms with Crippen LogP contribution in [0.5, 0.6) is 0 Å². The highest BCUT2D eigenvalue weighted by Gasteiger charge is 2.13. The van der Waals surface area contributed by atoms with Crippen molar-refractivity contribution in [3.05, 3.63) is 12.2 Å². The van der Waals surface area contributed by atoms with Crippen LogP contribution in [0.2, 0.25) is 0 Å². The second-order valence-electron chi connectivity index (χ2n) is 6.22. The monoisotopic (exact) mass is 328 g/mol. The number of esters is 1. The Bertz CT molecular complexity index is 302. The van der Waals surface area contributed by atoms with Crippen molar-refractivity contribution < 1.29 is 19.7 Å². The number of allylic oxidation sites excluding steroid dienone is 1. The summed E-state index contributed by atoms with van der Waals surface area (Å²) in [5.74, 6) is -0.147.